The number of nitrogens with zero attached hydrogens (tertiary/aromatic N) is 2. The van der Waals surface area contributed by atoms with Crippen molar-refractivity contribution in [1.29, 1.82) is 0 Å². The van der Waals surface area contributed by atoms with E-state index in [1.165, 1.54) is 19.2 Å². The molecule has 1 aromatic carbocycles. The zero-order valence-electron chi connectivity index (χ0n) is 13.2. The molecule has 1 aromatic heterocycles. The van der Waals surface area contributed by atoms with Crippen molar-refractivity contribution >= 4 is 18.3 Å². The van der Waals surface area contributed by atoms with Gasteiger partial charge in [-0.3, -0.25) is 9.48 Å². The molecule has 1 heterocycles. The number of rotatable bonds is 6. The molecule has 126 valence electrons. The Morgan fingerprint density at radius 3 is 2.74 bits per heavy atom. The van der Waals surface area contributed by atoms with E-state index in [0.29, 0.717) is 5.56 Å². The summed E-state index contributed by atoms with van der Waals surface area (Å²) in [5.74, 6) is -0.475. The molecule has 2 aromatic rings. The van der Waals surface area contributed by atoms with E-state index in [2.05, 4.69) is 15.7 Å². The van der Waals surface area contributed by atoms with Crippen LogP contribution in [-0.4, -0.2) is 29.8 Å². The Morgan fingerprint density at radius 2 is 2.22 bits per heavy atom. The Kier molecular flexibility index (Phi) is 6.99. The second kappa shape index (κ2) is 8.50. The van der Waals surface area contributed by atoms with E-state index in [4.69, 9.17) is 4.74 Å². The highest BCUT2D eigenvalue weighted by atomic mass is 35.5. The first-order valence-corrected chi connectivity index (χ1v) is 6.81. The maximum atomic E-state index is 13.6. The first kappa shape index (κ1) is 18.9. The van der Waals surface area contributed by atoms with Crippen LogP contribution in [0.2, 0.25) is 0 Å². The Hall–Kier alpha value is -2.12. The van der Waals surface area contributed by atoms with Gasteiger partial charge in [0.2, 0.25) is 5.91 Å². The highest BCUT2D eigenvalue weighted by Crippen LogP contribution is 2.18. The average molecular weight is 343 g/mol. The van der Waals surface area contributed by atoms with E-state index in [-0.39, 0.29) is 30.6 Å². The third-order valence-corrected chi connectivity index (χ3v) is 3.29. The van der Waals surface area contributed by atoms with Crippen LogP contribution in [0.5, 0.6) is 5.75 Å². The molecule has 1 unspecified atom stereocenters. The molecule has 23 heavy (non-hydrogen) atoms. The molecule has 0 aliphatic carbocycles. The van der Waals surface area contributed by atoms with Crippen molar-refractivity contribution in [3.8, 4) is 5.75 Å². The molecule has 1 atom stereocenters. The number of hydrogen-bond donors (Lipinski definition) is 2. The van der Waals surface area contributed by atoms with E-state index in [1.54, 1.807) is 37.2 Å². The van der Waals surface area contributed by atoms with Crippen LogP contribution < -0.4 is 15.4 Å². The maximum absolute atomic E-state index is 13.6. The van der Waals surface area contributed by atoms with Gasteiger partial charge in [0.25, 0.3) is 0 Å². The molecular weight excluding hydrogens is 323 g/mol. The molecule has 6 nitrogen and oxygen atoms in total. The lowest BCUT2D eigenvalue weighted by atomic mass is 10.1. The summed E-state index contributed by atoms with van der Waals surface area (Å²) < 4.78 is 20.1. The lowest BCUT2D eigenvalue weighted by Gasteiger charge is -2.14. The van der Waals surface area contributed by atoms with Gasteiger partial charge in [-0.2, -0.15) is 5.10 Å². The number of nitrogens with one attached hydrogen (secondary N) is 2. The molecule has 0 spiro atoms. The number of likely N-dealkylation sites (N-methyl/N-ethyl adjacent to an activating group) is 1. The number of hydrogen-bond acceptors (Lipinski definition) is 4. The highest BCUT2D eigenvalue weighted by Gasteiger charge is 2.19. The third kappa shape index (κ3) is 4.67. The van der Waals surface area contributed by atoms with E-state index in [0.717, 1.165) is 5.56 Å². The van der Waals surface area contributed by atoms with Crippen molar-refractivity contribution < 1.29 is 13.9 Å². The van der Waals surface area contributed by atoms with Crippen molar-refractivity contribution in [1.82, 2.24) is 20.4 Å². The van der Waals surface area contributed by atoms with E-state index in [1.807, 2.05) is 0 Å². The van der Waals surface area contributed by atoms with Gasteiger partial charge in [-0.15, -0.1) is 12.4 Å². The number of carbonyl (C=O) groups is 1. The Morgan fingerprint density at radius 1 is 1.48 bits per heavy atom. The smallest absolute Gasteiger partial charge is 0.242 e. The van der Waals surface area contributed by atoms with Crippen LogP contribution in [0.3, 0.4) is 0 Å². The fourth-order valence-corrected chi connectivity index (χ4v) is 2.15. The van der Waals surface area contributed by atoms with Crippen molar-refractivity contribution in [2.45, 2.75) is 12.6 Å². The summed E-state index contributed by atoms with van der Waals surface area (Å²) >= 11 is 0. The summed E-state index contributed by atoms with van der Waals surface area (Å²) in [6.45, 7) is 0.234. The minimum Gasteiger partial charge on any atom is -0.494 e. The zero-order valence-corrected chi connectivity index (χ0v) is 14.0. The molecule has 0 radical (unpaired) electrons. The Bertz CT molecular complexity index is 663. The Balaban J connectivity index is 0.00000264. The van der Waals surface area contributed by atoms with Crippen LogP contribution in [0, 0.1) is 5.82 Å². The second-order valence-corrected chi connectivity index (χ2v) is 4.86. The summed E-state index contributed by atoms with van der Waals surface area (Å²) in [7, 11) is 4.89. The number of methoxy groups -OCH3 is 1. The van der Waals surface area contributed by atoms with Gasteiger partial charge in [-0.25, -0.2) is 4.39 Å². The summed E-state index contributed by atoms with van der Waals surface area (Å²) in [5, 5.41) is 9.76. The van der Waals surface area contributed by atoms with E-state index < -0.39 is 11.9 Å². The predicted molar refractivity (Wildman–Crippen MR) is 87.1 cm³/mol. The highest BCUT2D eigenvalue weighted by molar-refractivity contribution is 5.85. The van der Waals surface area contributed by atoms with Crippen LogP contribution >= 0.6 is 12.4 Å². The fourth-order valence-electron chi connectivity index (χ4n) is 2.15. The number of amides is 1. The van der Waals surface area contributed by atoms with E-state index >= 15 is 0 Å². The average Bonchev–Trinajstić information content (AvgIpc) is 2.92. The second-order valence-electron chi connectivity index (χ2n) is 4.86. The van der Waals surface area contributed by atoms with Crippen LogP contribution in [0.1, 0.15) is 17.2 Å². The van der Waals surface area contributed by atoms with Gasteiger partial charge >= 0.3 is 0 Å². The lowest BCUT2D eigenvalue weighted by Crippen LogP contribution is -2.35. The maximum Gasteiger partial charge on any atom is 0.242 e. The van der Waals surface area contributed by atoms with Gasteiger partial charge in [0.1, 0.15) is 6.04 Å². The number of benzene rings is 1. The summed E-state index contributed by atoms with van der Waals surface area (Å²) in [4.78, 5) is 12.2. The number of aromatic nitrogens is 2. The van der Waals surface area contributed by atoms with Gasteiger partial charge < -0.3 is 15.4 Å². The molecule has 0 bridgehead atoms. The fraction of sp³-hybridized carbons (Fsp3) is 0.333. The van der Waals surface area contributed by atoms with Crippen LogP contribution in [0.15, 0.2) is 30.6 Å². The summed E-state index contributed by atoms with van der Waals surface area (Å²) in [6.07, 6.45) is 3.40. The quantitative estimate of drug-likeness (QED) is 0.836. The van der Waals surface area contributed by atoms with Crippen LogP contribution in [0.25, 0.3) is 0 Å². The predicted octanol–water partition coefficient (Wildman–Crippen LogP) is 1.57. The molecule has 8 heteroatoms. The molecular formula is C15H20ClFN4O2. The van der Waals surface area contributed by atoms with E-state index in [9.17, 15) is 9.18 Å². The Labute approximate surface area is 140 Å². The van der Waals surface area contributed by atoms with Crippen molar-refractivity contribution in [3.63, 3.8) is 0 Å². The van der Waals surface area contributed by atoms with Crippen LogP contribution in [-0.2, 0) is 18.4 Å². The minimum absolute atomic E-state index is 0. The zero-order chi connectivity index (χ0) is 16.1. The van der Waals surface area contributed by atoms with Crippen molar-refractivity contribution in [2.75, 3.05) is 14.2 Å². The third-order valence-electron chi connectivity index (χ3n) is 3.29. The molecule has 0 aliphatic heterocycles. The van der Waals surface area contributed by atoms with Crippen LogP contribution in [0.4, 0.5) is 4.39 Å². The molecule has 2 N–H and O–H groups in total. The number of halogens is 2. The molecule has 2 rings (SSSR count). The largest absolute Gasteiger partial charge is 0.494 e. The number of ether oxygens (including phenoxy) is 1. The molecule has 0 saturated carbocycles. The summed E-state index contributed by atoms with van der Waals surface area (Å²) in [6, 6.07) is 4.09. The normalized spacial score (nSPS) is 11.5. The van der Waals surface area contributed by atoms with Gasteiger partial charge in [0, 0.05) is 25.4 Å². The number of carbonyl (C=O) groups excluding carboxylic acids is 1. The lowest BCUT2D eigenvalue weighted by molar-refractivity contribution is -0.123. The van der Waals surface area contributed by atoms with Gasteiger partial charge in [0.05, 0.1) is 13.3 Å². The molecule has 0 fully saturated rings. The van der Waals surface area contributed by atoms with Crippen molar-refractivity contribution in [3.05, 3.63) is 47.5 Å². The first-order valence-electron chi connectivity index (χ1n) is 6.81. The number of aryl methyl sites for hydroxylation is 1. The summed E-state index contributed by atoms with van der Waals surface area (Å²) in [5.41, 5.74) is 1.43. The SMILES string of the molecule is CNC(C(=O)NCc1ccc(OC)c(F)c1)c1cnn(C)c1.Cl. The van der Waals surface area contributed by atoms with Gasteiger partial charge in [-0.05, 0) is 24.7 Å². The molecule has 0 aliphatic rings. The topological polar surface area (TPSA) is 68.2 Å². The molecule has 0 saturated heterocycles. The van der Waals surface area contributed by atoms with Gasteiger partial charge in [0.15, 0.2) is 11.6 Å². The minimum atomic E-state index is -0.503. The monoisotopic (exact) mass is 342 g/mol. The standard InChI is InChI=1S/C15H19FN4O2.ClH/c1-17-14(11-8-19-20(2)9-11)15(21)18-7-10-4-5-13(22-3)12(16)6-10;/h4-6,8-9,14,17H,7H2,1-3H3,(H,18,21);1H. The van der Waals surface area contributed by atoms with Crippen molar-refractivity contribution in [2.24, 2.45) is 7.05 Å². The molecule has 1 amide bonds. The van der Waals surface area contributed by atoms with Gasteiger partial charge in [-0.1, -0.05) is 6.07 Å². The first-order chi connectivity index (χ1) is 10.5.